The van der Waals surface area contributed by atoms with Crippen LogP contribution in [0.15, 0.2) is 48.5 Å². The van der Waals surface area contributed by atoms with E-state index >= 15 is 0 Å². The van der Waals surface area contributed by atoms with E-state index in [1.165, 1.54) is 21.9 Å². The van der Waals surface area contributed by atoms with E-state index in [2.05, 4.69) is 0 Å². The summed E-state index contributed by atoms with van der Waals surface area (Å²) >= 11 is 0. The zero-order valence-corrected chi connectivity index (χ0v) is 19.3. The monoisotopic (exact) mass is 487 g/mol. The number of carbonyl (C=O) groups excluding carboxylic acids is 2. The van der Waals surface area contributed by atoms with Crippen molar-refractivity contribution >= 4 is 17.7 Å². The van der Waals surface area contributed by atoms with Gasteiger partial charge in [0.1, 0.15) is 24.0 Å². The van der Waals surface area contributed by atoms with Crippen LogP contribution in [0.25, 0.3) is 5.57 Å². The van der Waals surface area contributed by atoms with E-state index in [1.54, 1.807) is 30.2 Å². The molecule has 0 radical (unpaired) electrons. The van der Waals surface area contributed by atoms with Crippen molar-refractivity contribution in [2.45, 2.75) is 6.04 Å². The summed E-state index contributed by atoms with van der Waals surface area (Å²) in [6, 6.07) is 8.63. The minimum atomic E-state index is -0.606. The lowest BCUT2D eigenvalue weighted by Gasteiger charge is -2.30. The van der Waals surface area contributed by atoms with Crippen LogP contribution in [0.3, 0.4) is 0 Å². The molecule has 1 atom stereocenters. The highest BCUT2D eigenvalue weighted by Gasteiger charge is 2.33. The maximum Gasteiger partial charge on any atom is 0.409 e. The number of carbonyl (C=O) groups is 2. The van der Waals surface area contributed by atoms with Gasteiger partial charge in [-0.25, -0.2) is 18.4 Å². The minimum absolute atomic E-state index is 0.00186. The maximum absolute atomic E-state index is 14.5. The van der Waals surface area contributed by atoms with Crippen molar-refractivity contribution in [3.05, 3.63) is 71.3 Å². The molecule has 1 N–H and O–H groups in total. The molecule has 1 unspecified atom stereocenters. The molecule has 2 aromatic carbocycles. The third kappa shape index (κ3) is 5.71. The third-order valence-corrected chi connectivity index (χ3v) is 6.02. The number of halogens is 2. The average Bonchev–Trinajstić information content (AvgIpc) is 3.30. The summed E-state index contributed by atoms with van der Waals surface area (Å²) in [6.07, 6.45) is 1.23. The maximum atomic E-state index is 14.5. The summed E-state index contributed by atoms with van der Waals surface area (Å²) in [7, 11) is 1.57. The molecule has 8 nitrogen and oxygen atoms in total. The molecular weight excluding hydrogens is 460 g/mol. The molecule has 0 spiro atoms. The largest absolute Gasteiger partial charge is 0.508 e. The second-order valence-electron chi connectivity index (χ2n) is 8.40. The van der Waals surface area contributed by atoms with Crippen LogP contribution in [0.5, 0.6) is 5.75 Å². The minimum Gasteiger partial charge on any atom is -0.508 e. The van der Waals surface area contributed by atoms with Gasteiger partial charge in [0.25, 0.3) is 0 Å². The lowest BCUT2D eigenvalue weighted by atomic mass is 10.0. The first-order chi connectivity index (χ1) is 16.8. The molecule has 2 aliphatic rings. The summed E-state index contributed by atoms with van der Waals surface area (Å²) in [4.78, 5) is 30.0. The van der Waals surface area contributed by atoms with E-state index < -0.39 is 23.8 Å². The van der Waals surface area contributed by atoms with Gasteiger partial charge in [-0.1, -0.05) is 18.2 Å². The number of phenolic OH excluding ortho intramolecular Hbond substituents is 1. The predicted octanol–water partition coefficient (Wildman–Crippen LogP) is 3.63. The number of nitrogens with zero attached hydrogens (tertiary/aromatic N) is 3. The smallest absolute Gasteiger partial charge is 0.409 e. The molecule has 0 aromatic heterocycles. The Morgan fingerprint density at radius 3 is 2.69 bits per heavy atom. The van der Waals surface area contributed by atoms with Gasteiger partial charge in [-0.2, -0.15) is 0 Å². The first-order valence-electron chi connectivity index (χ1n) is 11.3. The third-order valence-electron chi connectivity index (χ3n) is 6.02. The highest BCUT2D eigenvalue weighted by atomic mass is 19.1. The lowest BCUT2D eigenvalue weighted by molar-refractivity contribution is 0.0256. The van der Waals surface area contributed by atoms with Gasteiger partial charge < -0.3 is 29.3 Å². The van der Waals surface area contributed by atoms with Gasteiger partial charge in [-0.15, -0.1) is 0 Å². The van der Waals surface area contributed by atoms with Crippen LogP contribution >= 0.6 is 0 Å². The number of phenols is 1. The van der Waals surface area contributed by atoms with E-state index in [4.69, 9.17) is 9.47 Å². The van der Waals surface area contributed by atoms with Gasteiger partial charge in [0.05, 0.1) is 25.8 Å². The fraction of sp³-hybridized carbons (Fsp3) is 0.360. The summed E-state index contributed by atoms with van der Waals surface area (Å²) < 4.78 is 38.8. The molecular formula is C25H27F2N3O5. The Morgan fingerprint density at radius 1 is 1.17 bits per heavy atom. The molecule has 2 aromatic rings. The van der Waals surface area contributed by atoms with Crippen LogP contribution < -0.4 is 0 Å². The number of amides is 3. The van der Waals surface area contributed by atoms with Crippen molar-refractivity contribution in [2.24, 2.45) is 0 Å². The van der Waals surface area contributed by atoms with Crippen LogP contribution in [0.2, 0.25) is 0 Å². The molecule has 3 amide bonds. The van der Waals surface area contributed by atoms with Gasteiger partial charge >= 0.3 is 12.1 Å². The quantitative estimate of drug-likeness (QED) is 0.697. The van der Waals surface area contributed by atoms with Gasteiger partial charge in [0, 0.05) is 32.2 Å². The number of aromatic hydroxyl groups is 1. The standard InChI is InChI=1S/C25H27F2N3O5/c1-28(7-12-35-25(33)29-8-10-34-11-9-29)24(32)30-16-18(21-15-19(26)5-6-22(21)27)14-23(30)17-3-2-4-20(31)13-17/h2-6,13-15,23,31H,7-12,16H2,1H3. The van der Waals surface area contributed by atoms with Crippen molar-refractivity contribution in [3.8, 4) is 5.75 Å². The number of ether oxygens (including phenoxy) is 2. The molecule has 4 rings (SSSR count). The fourth-order valence-electron chi connectivity index (χ4n) is 4.13. The van der Waals surface area contributed by atoms with Crippen molar-refractivity contribution in [2.75, 3.05) is 53.0 Å². The van der Waals surface area contributed by atoms with Crippen molar-refractivity contribution in [1.82, 2.24) is 14.7 Å². The van der Waals surface area contributed by atoms with Crippen LogP contribution in [0.1, 0.15) is 17.2 Å². The summed E-state index contributed by atoms with van der Waals surface area (Å²) in [5, 5.41) is 9.94. The molecule has 186 valence electrons. The van der Waals surface area contributed by atoms with Gasteiger partial charge in [-0.3, -0.25) is 0 Å². The molecule has 0 aliphatic carbocycles. The second-order valence-corrected chi connectivity index (χ2v) is 8.40. The van der Waals surface area contributed by atoms with Crippen LogP contribution in [-0.2, 0) is 9.47 Å². The molecule has 0 bridgehead atoms. The summed E-state index contributed by atoms with van der Waals surface area (Å²) in [5.41, 5.74) is 1.15. The number of urea groups is 1. The molecule has 10 heteroatoms. The topological polar surface area (TPSA) is 82.6 Å². The van der Waals surface area contributed by atoms with E-state index in [-0.39, 0.29) is 37.0 Å². The van der Waals surface area contributed by atoms with E-state index in [1.807, 2.05) is 0 Å². The number of benzene rings is 2. The number of morpholine rings is 1. The summed E-state index contributed by atoms with van der Waals surface area (Å²) in [5.74, 6) is -1.15. The Hall–Kier alpha value is -3.66. The van der Waals surface area contributed by atoms with Gasteiger partial charge in [0.15, 0.2) is 0 Å². The number of hydrogen-bond donors (Lipinski definition) is 1. The fourth-order valence-corrected chi connectivity index (χ4v) is 4.13. The molecule has 1 fully saturated rings. The van der Waals surface area contributed by atoms with Crippen molar-refractivity contribution < 1.29 is 33.0 Å². The van der Waals surface area contributed by atoms with Gasteiger partial charge in [-0.05, 0) is 41.5 Å². The van der Waals surface area contributed by atoms with Crippen LogP contribution in [0.4, 0.5) is 18.4 Å². The number of rotatable bonds is 5. The Morgan fingerprint density at radius 2 is 1.94 bits per heavy atom. The first kappa shape index (κ1) is 24.5. The zero-order chi connectivity index (χ0) is 24.9. The Balaban J connectivity index is 1.47. The average molecular weight is 488 g/mol. The van der Waals surface area contributed by atoms with Crippen molar-refractivity contribution in [1.29, 1.82) is 0 Å². The van der Waals surface area contributed by atoms with E-state index in [0.717, 1.165) is 18.2 Å². The highest BCUT2D eigenvalue weighted by molar-refractivity contribution is 5.82. The lowest BCUT2D eigenvalue weighted by Crippen LogP contribution is -2.44. The van der Waals surface area contributed by atoms with Gasteiger partial charge in [0.2, 0.25) is 0 Å². The Bertz CT molecular complexity index is 1120. The predicted molar refractivity (Wildman–Crippen MR) is 124 cm³/mol. The Kier molecular flexibility index (Phi) is 7.50. The Labute approximate surface area is 201 Å². The van der Waals surface area contributed by atoms with Crippen LogP contribution in [0, 0.1) is 11.6 Å². The molecule has 1 saturated heterocycles. The SMILES string of the molecule is CN(CCOC(=O)N1CCOCC1)C(=O)N1CC(c2cc(F)ccc2F)=CC1c1cccc(O)c1. The molecule has 2 heterocycles. The van der Waals surface area contributed by atoms with E-state index in [0.29, 0.717) is 37.4 Å². The molecule has 2 aliphatic heterocycles. The second kappa shape index (κ2) is 10.7. The first-order valence-corrected chi connectivity index (χ1v) is 11.3. The number of likely N-dealkylation sites (N-methyl/N-ethyl adjacent to an activating group) is 1. The number of hydrogen-bond acceptors (Lipinski definition) is 5. The van der Waals surface area contributed by atoms with Crippen molar-refractivity contribution in [3.63, 3.8) is 0 Å². The zero-order valence-electron chi connectivity index (χ0n) is 19.3. The summed E-state index contributed by atoms with van der Waals surface area (Å²) in [6.45, 7) is 2.01. The molecule has 0 saturated carbocycles. The van der Waals surface area contributed by atoms with Crippen LogP contribution in [-0.4, -0.2) is 85.0 Å². The highest BCUT2D eigenvalue weighted by Crippen LogP contribution is 2.37. The van der Waals surface area contributed by atoms with E-state index in [9.17, 15) is 23.5 Å². The molecule has 35 heavy (non-hydrogen) atoms. The normalized spacial score (nSPS) is 17.8.